The van der Waals surface area contributed by atoms with Crippen LogP contribution >= 0.6 is 0 Å². The molecule has 0 radical (unpaired) electrons. The molecule has 146 valence electrons. The van der Waals surface area contributed by atoms with Crippen molar-refractivity contribution in [2.45, 2.75) is 57.3 Å². The summed E-state index contributed by atoms with van der Waals surface area (Å²) < 4.78 is 4.71. The number of nitrogens with one attached hydrogen (secondary N) is 1. The first kappa shape index (κ1) is 18.7. The number of carbonyl (C=O) groups is 2. The summed E-state index contributed by atoms with van der Waals surface area (Å²) in [6.07, 6.45) is 9.88. The molecular formula is C24H27NO3. The van der Waals surface area contributed by atoms with Gasteiger partial charge in [-0.05, 0) is 97.5 Å². The molecule has 0 bridgehead atoms. The Morgan fingerprint density at radius 1 is 0.893 bits per heavy atom. The first-order chi connectivity index (χ1) is 13.7. The van der Waals surface area contributed by atoms with Gasteiger partial charge >= 0.3 is 5.97 Å². The van der Waals surface area contributed by atoms with E-state index in [9.17, 15) is 9.59 Å². The molecule has 2 aromatic rings. The molecule has 0 saturated heterocycles. The number of methoxy groups -OCH3 is 1. The molecule has 0 aromatic heterocycles. The molecule has 2 aliphatic rings. The predicted molar refractivity (Wildman–Crippen MR) is 110 cm³/mol. The lowest BCUT2D eigenvalue weighted by atomic mass is 9.87. The van der Waals surface area contributed by atoms with E-state index in [2.05, 4.69) is 17.4 Å². The average Bonchev–Trinajstić information content (AvgIpc) is 3.05. The molecule has 0 fully saturated rings. The normalized spacial score (nSPS) is 16.5. The van der Waals surface area contributed by atoms with Gasteiger partial charge in [0.05, 0.1) is 12.7 Å². The van der Waals surface area contributed by atoms with Gasteiger partial charge in [-0.1, -0.05) is 12.8 Å². The van der Waals surface area contributed by atoms with E-state index in [1.165, 1.54) is 56.8 Å². The summed E-state index contributed by atoms with van der Waals surface area (Å²) in [6, 6.07) is 10.9. The third kappa shape index (κ3) is 3.82. The van der Waals surface area contributed by atoms with Gasteiger partial charge in [0.15, 0.2) is 0 Å². The van der Waals surface area contributed by atoms with Crippen molar-refractivity contribution in [2.75, 3.05) is 12.4 Å². The lowest BCUT2D eigenvalue weighted by Gasteiger charge is -2.20. The summed E-state index contributed by atoms with van der Waals surface area (Å²) in [7, 11) is 1.35. The number of ether oxygens (including phenoxy) is 1. The van der Waals surface area contributed by atoms with Crippen LogP contribution < -0.4 is 5.32 Å². The first-order valence-electron chi connectivity index (χ1n) is 10.3. The van der Waals surface area contributed by atoms with E-state index >= 15 is 0 Å². The fraction of sp³-hybridized carbons (Fsp3) is 0.417. The Morgan fingerprint density at radius 3 is 2.04 bits per heavy atom. The number of amides is 1. The van der Waals surface area contributed by atoms with Gasteiger partial charge in [0, 0.05) is 11.3 Å². The molecule has 0 unspecified atom stereocenters. The second-order valence-corrected chi connectivity index (χ2v) is 7.92. The Kier molecular flexibility index (Phi) is 5.47. The Bertz CT molecular complexity index is 852. The van der Waals surface area contributed by atoms with Crippen LogP contribution in [0.2, 0.25) is 0 Å². The molecule has 1 N–H and O–H groups in total. The molecule has 0 saturated carbocycles. The summed E-state index contributed by atoms with van der Waals surface area (Å²) in [5, 5.41) is 3.07. The molecule has 4 nitrogen and oxygen atoms in total. The van der Waals surface area contributed by atoms with Crippen LogP contribution in [0.25, 0.3) is 0 Å². The summed E-state index contributed by atoms with van der Waals surface area (Å²) in [6.45, 7) is 0. The van der Waals surface area contributed by atoms with Gasteiger partial charge in [0.2, 0.25) is 0 Å². The number of anilines is 1. The van der Waals surface area contributed by atoms with Crippen LogP contribution in [0.1, 0.15) is 81.8 Å². The van der Waals surface area contributed by atoms with Crippen molar-refractivity contribution in [1.82, 2.24) is 0 Å². The van der Waals surface area contributed by atoms with Crippen LogP contribution in [-0.4, -0.2) is 19.0 Å². The highest BCUT2D eigenvalue weighted by Crippen LogP contribution is 2.40. The van der Waals surface area contributed by atoms with Crippen molar-refractivity contribution in [3.63, 3.8) is 0 Å². The largest absolute Gasteiger partial charge is 0.465 e. The summed E-state index contributed by atoms with van der Waals surface area (Å²) >= 11 is 0. The second kappa shape index (κ2) is 8.17. The minimum atomic E-state index is -0.401. The van der Waals surface area contributed by atoms with Crippen LogP contribution in [0, 0.1) is 0 Å². The molecule has 4 rings (SSSR count). The van der Waals surface area contributed by atoms with E-state index in [-0.39, 0.29) is 5.91 Å². The number of benzene rings is 2. The van der Waals surface area contributed by atoms with Gasteiger partial charge in [-0.3, -0.25) is 4.79 Å². The van der Waals surface area contributed by atoms with Gasteiger partial charge in [-0.25, -0.2) is 4.79 Å². The van der Waals surface area contributed by atoms with E-state index < -0.39 is 5.97 Å². The number of esters is 1. The molecule has 4 heteroatoms. The third-order valence-electron chi connectivity index (χ3n) is 6.08. The number of rotatable bonds is 3. The molecule has 2 aliphatic carbocycles. The smallest absolute Gasteiger partial charge is 0.337 e. The fourth-order valence-electron chi connectivity index (χ4n) is 4.71. The van der Waals surface area contributed by atoms with Crippen molar-refractivity contribution < 1.29 is 14.3 Å². The van der Waals surface area contributed by atoms with Gasteiger partial charge < -0.3 is 10.1 Å². The van der Waals surface area contributed by atoms with E-state index in [1.807, 2.05) is 0 Å². The summed E-state index contributed by atoms with van der Waals surface area (Å²) in [4.78, 5) is 24.3. The molecule has 0 aliphatic heterocycles. The van der Waals surface area contributed by atoms with Crippen LogP contribution in [0.5, 0.6) is 0 Å². The topological polar surface area (TPSA) is 55.4 Å². The van der Waals surface area contributed by atoms with Crippen molar-refractivity contribution >= 4 is 17.6 Å². The third-order valence-corrected chi connectivity index (χ3v) is 6.08. The standard InChI is InChI=1S/C24H27NO3/c1-28-24(27)18-12-10-17(11-13-18)23(26)25-21-14-19-8-4-2-6-16-7-3-5-9-20(15-21)22(16)19/h10-16H,2-9H2,1H3,(H,25,26). The predicted octanol–water partition coefficient (Wildman–Crippen LogP) is 5.26. The summed E-state index contributed by atoms with van der Waals surface area (Å²) in [5.41, 5.74) is 6.30. The molecule has 0 heterocycles. The number of hydrogen-bond acceptors (Lipinski definition) is 3. The maximum atomic E-state index is 12.7. The first-order valence-corrected chi connectivity index (χ1v) is 10.3. The maximum Gasteiger partial charge on any atom is 0.337 e. The van der Waals surface area contributed by atoms with Crippen LogP contribution in [0.3, 0.4) is 0 Å². The van der Waals surface area contributed by atoms with Crippen molar-refractivity contribution in [2.24, 2.45) is 0 Å². The lowest BCUT2D eigenvalue weighted by Crippen LogP contribution is -2.14. The molecule has 2 aromatic carbocycles. The van der Waals surface area contributed by atoms with Crippen molar-refractivity contribution in [3.8, 4) is 0 Å². The van der Waals surface area contributed by atoms with Gasteiger partial charge in [0.1, 0.15) is 0 Å². The van der Waals surface area contributed by atoms with Crippen molar-refractivity contribution in [3.05, 3.63) is 64.2 Å². The quantitative estimate of drug-likeness (QED) is 0.742. The van der Waals surface area contributed by atoms with Gasteiger partial charge in [-0.2, -0.15) is 0 Å². The maximum absolute atomic E-state index is 12.7. The second-order valence-electron chi connectivity index (χ2n) is 7.92. The summed E-state index contributed by atoms with van der Waals surface area (Å²) in [5.74, 6) is 0.149. The Morgan fingerprint density at radius 2 is 1.46 bits per heavy atom. The minimum Gasteiger partial charge on any atom is -0.465 e. The average molecular weight is 377 g/mol. The Balaban J connectivity index is 1.58. The lowest BCUT2D eigenvalue weighted by molar-refractivity contribution is 0.0600. The van der Waals surface area contributed by atoms with E-state index in [4.69, 9.17) is 4.74 Å². The monoisotopic (exact) mass is 377 g/mol. The van der Waals surface area contributed by atoms with Crippen LogP contribution in [0.15, 0.2) is 36.4 Å². The zero-order valence-corrected chi connectivity index (χ0v) is 16.4. The number of carbonyl (C=O) groups excluding carboxylic acids is 2. The minimum absolute atomic E-state index is 0.151. The van der Waals surface area contributed by atoms with Gasteiger partial charge in [0.25, 0.3) is 5.91 Å². The van der Waals surface area contributed by atoms with Crippen LogP contribution in [-0.2, 0) is 17.6 Å². The zero-order chi connectivity index (χ0) is 19.5. The molecule has 0 atom stereocenters. The SMILES string of the molecule is COC(=O)c1ccc(C(=O)Nc2cc3c4c(c2)CCCCC4CCCC3)cc1. The highest BCUT2D eigenvalue weighted by atomic mass is 16.5. The number of hydrogen-bond donors (Lipinski definition) is 1. The van der Waals surface area contributed by atoms with E-state index in [1.54, 1.807) is 29.8 Å². The molecule has 1 amide bonds. The van der Waals surface area contributed by atoms with Gasteiger partial charge in [-0.15, -0.1) is 0 Å². The van der Waals surface area contributed by atoms with Crippen LogP contribution in [0.4, 0.5) is 5.69 Å². The highest BCUT2D eigenvalue weighted by Gasteiger charge is 2.24. The number of aryl methyl sites for hydroxylation is 2. The fourth-order valence-corrected chi connectivity index (χ4v) is 4.71. The van der Waals surface area contributed by atoms with E-state index in [0.717, 1.165) is 18.5 Å². The molecular weight excluding hydrogens is 350 g/mol. The van der Waals surface area contributed by atoms with Crippen molar-refractivity contribution in [1.29, 1.82) is 0 Å². The van der Waals surface area contributed by atoms with E-state index in [0.29, 0.717) is 17.0 Å². The Hall–Kier alpha value is -2.62. The zero-order valence-electron chi connectivity index (χ0n) is 16.4. The highest BCUT2D eigenvalue weighted by molar-refractivity contribution is 6.05. The molecule has 28 heavy (non-hydrogen) atoms. The Labute approximate surface area is 166 Å². The molecule has 0 spiro atoms.